The van der Waals surface area contributed by atoms with Crippen LogP contribution in [0.25, 0.3) is 10.9 Å². The molecule has 0 bridgehead atoms. The number of para-hydroxylation sites is 1. The van der Waals surface area contributed by atoms with Gasteiger partial charge in [0.15, 0.2) is 0 Å². The number of amides is 1. The first-order valence-corrected chi connectivity index (χ1v) is 7.54. The number of benzene rings is 1. The summed E-state index contributed by atoms with van der Waals surface area (Å²) in [5.41, 5.74) is 1.21. The summed E-state index contributed by atoms with van der Waals surface area (Å²) < 4.78 is 2.15. The molecule has 0 unspecified atom stereocenters. The van der Waals surface area contributed by atoms with Gasteiger partial charge >= 0.3 is 0 Å². The number of carbonyl (C=O) groups is 1. The lowest BCUT2D eigenvalue weighted by atomic mass is 10.0. The van der Waals surface area contributed by atoms with Crippen molar-refractivity contribution in [1.82, 2.24) is 14.7 Å². The second-order valence-electron chi connectivity index (χ2n) is 5.98. The average Bonchev–Trinajstić information content (AvgIpc) is 3.26. The second kappa shape index (κ2) is 4.62. The Labute approximate surface area is 118 Å². The van der Waals surface area contributed by atoms with Gasteiger partial charge in [-0.15, -0.1) is 0 Å². The van der Waals surface area contributed by atoms with E-state index in [1.54, 1.807) is 0 Å². The highest BCUT2D eigenvalue weighted by atomic mass is 16.2. The standard InChI is InChI=1S/C16H19N3O/c20-16(12-5-6-12)18-9-7-14(8-10-18)19-15-4-2-1-3-13(15)11-17-19/h1-4,11-12,14H,5-10H2. The Kier molecular flexibility index (Phi) is 2.76. The van der Waals surface area contributed by atoms with Crippen molar-refractivity contribution >= 4 is 16.8 Å². The molecule has 104 valence electrons. The maximum absolute atomic E-state index is 12.1. The van der Waals surface area contributed by atoms with E-state index in [9.17, 15) is 4.79 Å². The molecular formula is C16H19N3O. The molecule has 2 aliphatic rings. The molecule has 1 saturated heterocycles. The number of rotatable bonds is 2. The Morgan fingerprint density at radius 1 is 1.10 bits per heavy atom. The molecule has 4 rings (SSSR count). The molecule has 20 heavy (non-hydrogen) atoms. The van der Waals surface area contributed by atoms with Crippen LogP contribution >= 0.6 is 0 Å². The number of aromatic nitrogens is 2. The van der Waals surface area contributed by atoms with Gasteiger partial charge in [0.05, 0.1) is 17.8 Å². The molecule has 0 N–H and O–H groups in total. The Bertz CT molecular complexity index is 636. The first-order chi connectivity index (χ1) is 9.83. The van der Waals surface area contributed by atoms with Gasteiger partial charge in [0.2, 0.25) is 5.91 Å². The zero-order valence-corrected chi connectivity index (χ0v) is 11.5. The monoisotopic (exact) mass is 269 g/mol. The third kappa shape index (κ3) is 1.99. The molecule has 2 heterocycles. The topological polar surface area (TPSA) is 38.1 Å². The van der Waals surface area contributed by atoms with E-state index in [4.69, 9.17) is 0 Å². The highest BCUT2D eigenvalue weighted by Gasteiger charge is 2.35. The Morgan fingerprint density at radius 3 is 2.60 bits per heavy atom. The van der Waals surface area contributed by atoms with Crippen LogP contribution in [0.15, 0.2) is 30.5 Å². The summed E-state index contributed by atoms with van der Waals surface area (Å²) in [5.74, 6) is 0.728. The fourth-order valence-corrected chi connectivity index (χ4v) is 3.20. The molecule has 1 aliphatic heterocycles. The number of piperidine rings is 1. The molecule has 2 aromatic rings. The minimum Gasteiger partial charge on any atom is -0.342 e. The summed E-state index contributed by atoms with van der Waals surface area (Å²) in [5, 5.41) is 5.75. The van der Waals surface area contributed by atoms with E-state index in [1.165, 1.54) is 10.9 Å². The van der Waals surface area contributed by atoms with Crippen molar-refractivity contribution in [3.05, 3.63) is 30.5 Å². The normalized spacial score (nSPS) is 20.5. The van der Waals surface area contributed by atoms with Crippen molar-refractivity contribution < 1.29 is 4.79 Å². The van der Waals surface area contributed by atoms with Gasteiger partial charge in [-0.25, -0.2) is 0 Å². The van der Waals surface area contributed by atoms with Gasteiger partial charge in [-0.1, -0.05) is 18.2 Å². The Hall–Kier alpha value is -1.84. The van der Waals surface area contributed by atoms with Crippen LogP contribution in [0.2, 0.25) is 0 Å². The quantitative estimate of drug-likeness (QED) is 0.840. The smallest absolute Gasteiger partial charge is 0.225 e. The van der Waals surface area contributed by atoms with Crippen LogP contribution < -0.4 is 0 Å². The van der Waals surface area contributed by atoms with Crippen molar-refractivity contribution in [2.75, 3.05) is 13.1 Å². The van der Waals surface area contributed by atoms with Crippen molar-refractivity contribution in [1.29, 1.82) is 0 Å². The van der Waals surface area contributed by atoms with E-state index in [0.717, 1.165) is 38.8 Å². The number of likely N-dealkylation sites (tertiary alicyclic amines) is 1. The maximum Gasteiger partial charge on any atom is 0.225 e. The summed E-state index contributed by atoms with van der Waals surface area (Å²) in [6, 6.07) is 8.77. The molecule has 1 aromatic heterocycles. The van der Waals surface area contributed by atoms with Gasteiger partial charge < -0.3 is 4.90 Å². The first kappa shape index (κ1) is 11.9. The molecule has 0 radical (unpaired) electrons. The van der Waals surface area contributed by atoms with E-state index in [-0.39, 0.29) is 0 Å². The third-order valence-electron chi connectivity index (χ3n) is 4.55. The first-order valence-electron chi connectivity index (χ1n) is 7.54. The minimum atomic E-state index is 0.345. The second-order valence-corrected chi connectivity index (χ2v) is 5.98. The zero-order valence-electron chi connectivity index (χ0n) is 11.5. The molecule has 4 heteroatoms. The summed E-state index contributed by atoms with van der Waals surface area (Å²) in [4.78, 5) is 14.1. The summed E-state index contributed by atoms with van der Waals surface area (Å²) in [6.45, 7) is 1.77. The van der Waals surface area contributed by atoms with Gasteiger partial charge in [-0.3, -0.25) is 9.48 Å². The van der Waals surface area contributed by atoms with Crippen molar-refractivity contribution in [2.45, 2.75) is 31.7 Å². The van der Waals surface area contributed by atoms with Crippen LogP contribution in [0.4, 0.5) is 0 Å². The molecule has 1 aliphatic carbocycles. The van der Waals surface area contributed by atoms with Crippen molar-refractivity contribution in [3.8, 4) is 0 Å². The molecule has 1 aromatic carbocycles. The van der Waals surface area contributed by atoms with Gasteiger partial charge in [-0.05, 0) is 31.7 Å². The molecule has 1 amide bonds. The summed E-state index contributed by atoms with van der Waals surface area (Å²) in [6.07, 6.45) is 6.18. The van der Waals surface area contributed by atoms with Crippen LogP contribution in [0.3, 0.4) is 0 Å². The van der Waals surface area contributed by atoms with E-state index < -0.39 is 0 Å². The van der Waals surface area contributed by atoms with Gasteiger partial charge in [-0.2, -0.15) is 5.10 Å². The van der Waals surface area contributed by atoms with Crippen LogP contribution in [0.1, 0.15) is 31.7 Å². The van der Waals surface area contributed by atoms with E-state index in [1.807, 2.05) is 12.3 Å². The van der Waals surface area contributed by atoms with Crippen LogP contribution in [0, 0.1) is 5.92 Å². The lowest BCUT2D eigenvalue weighted by Gasteiger charge is -2.32. The van der Waals surface area contributed by atoms with Gasteiger partial charge in [0.25, 0.3) is 0 Å². The van der Waals surface area contributed by atoms with Gasteiger partial charge in [0.1, 0.15) is 0 Å². The fourth-order valence-electron chi connectivity index (χ4n) is 3.20. The summed E-state index contributed by atoms with van der Waals surface area (Å²) >= 11 is 0. The molecular weight excluding hydrogens is 250 g/mol. The summed E-state index contributed by atoms with van der Waals surface area (Å²) in [7, 11) is 0. The average molecular weight is 269 g/mol. The highest BCUT2D eigenvalue weighted by molar-refractivity contribution is 5.81. The Morgan fingerprint density at radius 2 is 1.85 bits per heavy atom. The zero-order chi connectivity index (χ0) is 13.5. The highest BCUT2D eigenvalue weighted by Crippen LogP contribution is 2.33. The lowest BCUT2D eigenvalue weighted by molar-refractivity contribution is -0.133. The van der Waals surface area contributed by atoms with Crippen molar-refractivity contribution in [2.24, 2.45) is 5.92 Å². The molecule has 0 spiro atoms. The van der Waals surface area contributed by atoms with E-state index >= 15 is 0 Å². The predicted molar refractivity (Wildman–Crippen MR) is 77.3 cm³/mol. The maximum atomic E-state index is 12.1. The lowest BCUT2D eigenvalue weighted by Crippen LogP contribution is -2.40. The van der Waals surface area contributed by atoms with E-state index in [2.05, 4.69) is 32.9 Å². The molecule has 4 nitrogen and oxygen atoms in total. The largest absolute Gasteiger partial charge is 0.342 e. The van der Waals surface area contributed by atoms with Crippen LogP contribution in [0.5, 0.6) is 0 Å². The fraction of sp³-hybridized carbons (Fsp3) is 0.500. The number of hydrogen-bond donors (Lipinski definition) is 0. The SMILES string of the molecule is O=C(C1CC1)N1CCC(n2ncc3ccccc32)CC1. The Balaban J connectivity index is 1.50. The van der Waals surface area contributed by atoms with Gasteiger partial charge in [0, 0.05) is 24.4 Å². The molecule has 1 saturated carbocycles. The predicted octanol–water partition coefficient (Wildman–Crippen LogP) is 2.61. The number of carbonyl (C=O) groups excluding carboxylic acids is 1. The minimum absolute atomic E-state index is 0.345. The number of hydrogen-bond acceptors (Lipinski definition) is 2. The molecule has 2 fully saturated rings. The van der Waals surface area contributed by atoms with Crippen LogP contribution in [-0.2, 0) is 4.79 Å². The number of nitrogens with zero attached hydrogens (tertiary/aromatic N) is 3. The van der Waals surface area contributed by atoms with E-state index in [0.29, 0.717) is 17.9 Å². The van der Waals surface area contributed by atoms with Crippen LogP contribution in [-0.4, -0.2) is 33.7 Å². The third-order valence-corrected chi connectivity index (χ3v) is 4.55. The number of fused-ring (bicyclic) bond motifs is 1. The molecule has 0 atom stereocenters. The van der Waals surface area contributed by atoms with Crippen molar-refractivity contribution in [3.63, 3.8) is 0 Å².